The van der Waals surface area contributed by atoms with Gasteiger partial charge in [-0.1, -0.05) is 0 Å². The van der Waals surface area contributed by atoms with Crippen LogP contribution in [0.25, 0.3) is 0 Å². The fraction of sp³-hybridized carbons (Fsp3) is 0.700. The summed E-state index contributed by atoms with van der Waals surface area (Å²) < 4.78 is 0. The standard InChI is InChI=1S/C10H17N3O/c1-13-6-4-9(5-7-13)11-12-10(14)8-2-3-8/h4,8,11H,2-3,5-7H2,1H3,(H,12,14). The second-order valence-corrected chi connectivity index (χ2v) is 4.13. The largest absolute Gasteiger partial charge is 0.303 e. The summed E-state index contributed by atoms with van der Waals surface area (Å²) in [6.45, 7) is 2.01. The molecule has 0 radical (unpaired) electrons. The summed E-state index contributed by atoms with van der Waals surface area (Å²) in [5.41, 5.74) is 6.89. The van der Waals surface area contributed by atoms with Gasteiger partial charge in [0.05, 0.1) is 0 Å². The van der Waals surface area contributed by atoms with Gasteiger partial charge in [0.15, 0.2) is 0 Å². The third kappa shape index (κ3) is 2.48. The Morgan fingerprint density at radius 2 is 2.36 bits per heavy atom. The molecule has 0 saturated heterocycles. The summed E-state index contributed by atoms with van der Waals surface area (Å²) in [5, 5.41) is 0. The van der Waals surface area contributed by atoms with E-state index in [0.29, 0.717) is 0 Å². The van der Waals surface area contributed by atoms with Crippen molar-refractivity contribution in [3.63, 3.8) is 0 Å². The second-order valence-electron chi connectivity index (χ2n) is 4.13. The first-order valence-corrected chi connectivity index (χ1v) is 5.19. The molecule has 0 aromatic carbocycles. The van der Waals surface area contributed by atoms with Crippen molar-refractivity contribution in [2.45, 2.75) is 19.3 Å². The van der Waals surface area contributed by atoms with Crippen molar-refractivity contribution in [1.29, 1.82) is 0 Å². The van der Waals surface area contributed by atoms with Gasteiger partial charge in [-0.25, -0.2) is 0 Å². The van der Waals surface area contributed by atoms with Crippen molar-refractivity contribution < 1.29 is 4.79 Å². The molecule has 1 saturated carbocycles. The molecule has 1 amide bonds. The van der Waals surface area contributed by atoms with E-state index in [-0.39, 0.29) is 11.8 Å². The van der Waals surface area contributed by atoms with Crippen LogP contribution >= 0.6 is 0 Å². The van der Waals surface area contributed by atoms with Crippen LogP contribution in [0.3, 0.4) is 0 Å². The SMILES string of the molecule is CN1CC=C(NNC(=O)C2CC2)CC1. The minimum atomic E-state index is 0.143. The minimum absolute atomic E-state index is 0.143. The Balaban J connectivity index is 1.72. The lowest BCUT2D eigenvalue weighted by Gasteiger charge is -2.22. The summed E-state index contributed by atoms with van der Waals surface area (Å²) >= 11 is 0. The molecule has 2 aliphatic rings. The Bertz CT molecular complexity index is 258. The predicted molar refractivity (Wildman–Crippen MR) is 54.2 cm³/mol. The number of rotatable bonds is 3. The average Bonchev–Trinajstić information content (AvgIpc) is 3.00. The van der Waals surface area contributed by atoms with Crippen LogP contribution in [0.4, 0.5) is 0 Å². The van der Waals surface area contributed by atoms with Crippen LogP contribution in [0.2, 0.25) is 0 Å². The lowest BCUT2D eigenvalue weighted by molar-refractivity contribution is -0.123. The maximum absolute atomic E-state index is 11.3. The predicted octanol–water partition coefficient (Wildman–Crippen LogP) is 0.237. The number of hydrogen-bond acceptors (Lipinski definition) is 3. The quantitative estimate of drug-likeness (QED) is 0.634. The van der Waals surface area contributed by atoms with Crippen molar-refractivity contribution in [2.24, 2.45) is 5.92 Å². The highest BCUT2D eigenvalue weighted by Gasteiger charge is 2.29. The first kappa shape index (κ1) is 9.52. The molecule has 1 heterocycles. The lowest BCUT2D eigenvalue weighted by atomic mass is 10.2. The molecular weight excluding hydrogens is 178 g/mol. The number of amides is 1. The Kier molecular flexibility index (Phi) is 2.72. The third-order valence-corrected chi connectivity index (χ3v) is 2.71. The highest BCUT2D eigenvalue weighted by Crippen LogP contribution is 2.28. The fourth-order valence-electron chi connectivity index (χ4n) is 1.47. The van der Waals surface area contributed by atoms with Crippen LogP contribution in [0.15, 0.2) is 11.8 Å². The van der Waals surface area contributed by atoms with Crippen molar-refractivity contribution in [1.82, 2.24) is 15.8 Å². The van der Waals surface area contributed by atoms with E-state index in [2.05, 4.69) is 28.9 Å². The zero-order chi connectivity index (χ0) is 9.97. The Morgan fingerprint density at radius 1 is 1.57 bits per heavy atom. The van der Waals surface area contributed by atoms with Gasteiger partial charge in [-0.05, 0) is 26.0 Å². The van der Waals surface area contributed by atoms with Gasteiger partial charge in [0.2, 0.25) is 5.91 Å². The number of hydrogen-bond donors (Lipinski definition) is 2. The molecule has 1 fully saturated rings. The molecule has 0 atom stereocenters. The highest BCUT2D eigenvalue weighted by atomic mass is 16.2. The van der Waals surface area contributed by atoms with Crippen LogP contribution in [-0.4, -0.2) is 30.9 Å². The van der Waals surface area contributed by atoms with Gasteiger partial charge < -0.3 is 10.3 Å². The molecule has 4 nitrogen and oxygen atoms in total. The smallest absolute Gasteiger partial charge is 0.241 e. The van der Waals surface area contributed by atoms with Gasteiger partial charge in [-0.2, -0.15) is 0 Å². The molecular formula is C10H17N3O. The van der Waals surface area contributed by atoms with E-state index in [1.165, 1.54) is 0 Å². The van der Waals surface area contributed by atoms with E-state index in [1.807, 2.05) is 0 Å². The molecule has 0 unspecified atom stereocenters. The fourth-order valence-corrected chi connectivity index (χ4v) is 1.47. The number of carbonyl (C=O) groups is 1. The monoisotopic (exact) mass is 195 g/mol. The van der Waals surface area contributed by atoms with Gasteiger partial charge in [-0.15, -0.1) is 0 Å². The highest BCUT2D eigenvalue weighted by molar-refractivity contribution is 5.80. The summed E-state index contributed by atoms with van der Waals surface area (Å²) in [6.07, 6.45) is 5.21. The number of hydrazine groups is 1. The molecule has 1 aliphatic carbocycles. The van der Waals surface area contributed by atoms with E-state index in [1.54, 1.807) is 0 Å². The Labute approximate surface area is 84.3 Å². The van der Waals surface area contributed by atoms with Crippen LogP contribution in [0.5, 0.6) is 0 Å². The number of likely N-dealkylation sites (N-methyl/N-ethyl adjacent to an activating group) is 1. The van der Waals surface area contributed by atoms with Gasteiger partial charge in [0.25, 0.3) is 0 Å². The summed E-state index contributed by atoms with van der Waals surface area (Å²) in [6, 6.07) is 0. The van der Waals surface area contributed by atoms with E-state index < -0.39 is 0 Å². The van der Waals surface area contributed by atoms with Crippen molar-refractivity contribution in [3.05, 3.63) is 11.8 Å². The number of nitrogens with zero attached hydrogens (tertiary/aromatic N) is 1. The first-order valence-electron chi connectivity index (χ1n) is 5.19. The summed E-state index contributed by atoms with van der Waals surface area (Å²) in [7, 11) is 2.09. The molecule has 2 rings (SSSR count). The molecule has 2 N–H and O–H groups in total. The van der Waals surface area contributed by atoms with Gasteiger partial charge in [0.1, 0.15) is 0 Å². The normalized spacial score (nSPS) is 22.8. The second kappa shape index (κ2) is 4.00. The Morgan fingerprint density at radius 3 is 2.93 bits per heavy atom. The van der Waals surface area contributed by atoms with Gasteiger partial charge in [-0.3, -0.25) is 10.2 Å². The lowest BCUT2D eigenvalue weighted by Crippen LogP contribution is -2.40. The average molecular weight is 195 g/mol. The molecule has 0 spiro atoms. The van der Waals surface area contributed by atoms with E-state index in [9.17, 15) is 4.79 Å². The van der Waals surface area contributed by atoms with Crippen molar-refractivity contribution >= 4 is 5.91 Å². The maximum atomic E-state index is 11.3. The zero-order valence-electron chi connectivity index (χ0n) is 8.55. The van der Waals surface area contributed by atoms with E-state index >= 15 is 0 Å². The van der Waals surface area contributed by atoms with Crippen LogP contribution in [0, 0.1) is 5.92 Å². The topological polar surface area (TPSA) is 44.4 Å². The minimum Gasteiger partial charge on any atom is -0.303 e. The third-order valence-electron chi connectivity index (χ3n) is 2.71. The molecule has 14 heavy (non-hydrogen) atoms. The number of carbonyl (C=O) groups excluding carboxylic acids is 1. The summed E-state index contributed by atoms with van der Waals surface area (Å²) in [4.78, 5) is 13.5. The van der Waals surface area contributed by atoms with Crippen LogP contribution in [0.1, 0.15) is 19.3 Å². The van der Waals surface area contributed by atoms with Crippen LogP contribution < -0.4 is 10.9 Å². The summed E-state index contributed by atoms with van der Waals surface area (Å²) in [5.74, 6) is 0.416. The van der Waals surface area contributed by atoms with Gasteiger partial charge in [0, 0.05) is 31.1 Å². The van der Waals surface area contributed by atoms with E-state index in [4.69, 9.17) is 0 Å². The van der Waals surface area contributed by atoms with Crippen molar-refractivity contribution in [2.75, 3.05) is 20.1 Å². The maximum Gasteiger partial charge on any atom is 0.241 e. The molecule has 1 aliphatic heterocycles. The van der Waals surface area contributed by atoms with Crippen molar-refractivity contribution in [3.8, 4) is 0 Å². The Hall–Kier alpha value is -1.03. The van der Waals surface area contributed by atoms with Gasteiger partial charge >= 0.3 is 0 Å². The first-order chi connectivity index (χ1) is 6.75. The number of nitrogens with one attached hydrogen (secondary N) is 2. The molecule has 4 heteroatoms. The molecule has 0 aromatic rings. The molecule has 0 aromatic heterocycles. The zero-order valence-corrected chi connectivity index (χ0v) is 8.55. The van der Waals surface area contributed by atoms with Crippen LogP contribution in [-0.2, 0) is 4.79 Å². The van der Waals surface area contributed by atoms with E-state index in [0.717, 1.165) is 38.0 Å². The molecule has 78 valence electrons. The molecule has 0 bridgehead atoms.